The summed E-state index contributed by atoms with van der Waals surface area (Å²) < 4.78 is 2.12. The van der Waals surface area contributed by atoms with Gasteiger partial charge in [0.1, 0.15) is 0 Å². The Morgan fingerprint density at radius 1 is 1.21 bits per heavy atom. The second-order valence-electron chi connectivity index (χ2n) is 6.52. The molecule has 7 heteroatoms. The fourth-order valence-electron chi connectivity index (χ4n) is 3.66. The number of aryl methyl sites for hydroxylation is 1. The van der Waals surface area contributed by atoms with Gasteiger partial charge >= 0.3 is 0 Å². The van der Waals surface area contributed by atoms with E-state index < -0.39 is 0 Å². The third-order valence-electron chi connectivity index (χ3n) is 5.00. The third kappa shape index (κ3) is 2.98. The van der Waals surface area contributed by atoms with Gasteiger partial charge < -0.3 is 14.4 Å². The van der Waals surface area contributed by atoms with Gasteiger partial charge in [-0.15, -0.1) is 5.10 Å². The Labute approximate surface area is 141 Å². The quantitative estimate of drug-likeness (QED) is 0.823. The molecule has 24 heavy (non-hydrogen) atoms. The van der Waals surface area contributed by atoms with Crippen LogP contribution in [0.4, 0.5) is 5.82 Å². The van der Waals surface area contributed by atoms with Gasteiger partial charge in [0.2, 0.25) is 5.91 Å². The van der Waals surface area contributed by atoms with Crippen LogP contribution in [0.5, 0.6) is 0 Å². The standard InChI is InChI=1S/C17H22N6O/c24-17(14-4-5-15-11-18-13-23(15)12-14)22-8-2-7-21(9-10-22)16-3-1-6-19-20-16/h1,3,6,11,13-14H,2,4-5,7-10,12H2. The Kier molecular flexibility index (Phi) is 4.15. The number of hydrogen-bond acceptors (Lipinski definition) is 5. The molecule has 4 rings (SSSR count). The molecule has 1 fully saturated rings. The molecular weight excluding hydrogens is 304 g/mol. The Morgan fingerprint density at radius 2 is 2.17 bits per heavy atom. The smallest absolute Gasteiger partial charge is 0.227 e. The van der Waals surface area contributed by atoms with Crippen LogP contribution in [0.2, 0.25) is 0 Å². The van der Waals surface area contributed by atoms with Crippen LogP contribution in [0.25, 0.3) is 0 Å². The van der Waals surface area contributed by atoms with Crippen LogP contribution in [0, 0.1) is 5.92 Å². The largest absolute Gasteiger partial charge is 0.353 e. The maximum atomic E-state index is 12.9. The van der Waals surface area contributed by atoms with E-state index in [9.17, 15) is 4.79 Å². The first kappa shape index (κ1) is 15.1. The van der Waals surface area contributed by atoms with E-state index in [1.165, 1.54) is 5.69 Å². The second kappa shape index (κ2) is 6.59. The first-order valence-corrected chi connectivity index (χ1v) is 8.62. The van der Waals surface area contributed by atoms with Crippen molar-refractivity contribution in [3.05, 3.63) is 36.5 Å². The predicted molar refractivity (Wildman–Crippen MR) is 89.5 cm³/mol. The molecule has 0 bridgehead atoms. The summed E-state index contributed by atoms with van der Waals surface area (Å²) in [6.45, 7) is 4.07. The van der Waals surface area contributed by atoms with Gasteiger partial charge in [0.05, 0.1) is 12.2 Å². The molecular formula is C17H22N6O. The molecule has 2 aromatic heterocycles. The summed E-state index contributed by atoms with van der Waals surface area (Å²) in [5.74, 6) is 1.26. The van der Waals surface area contributed by atoms with E-state index in [2.05, 4.69) is 24.6 Å². The van der Waals surface area contributed by atoms with E-state index in [1.807, 2.05) is 29.6 Å². The molecule has 2 aliphatic rings. The van der Waals surface area contributed by atoms with Crippen LogP contribution < -0.4 is 4.90 Å². The van der Waals surface area contributed by atoms with Crippen LogP contribution in [0.1, 0.15) is 18.5 Å². The van der Waals surface area contributed by atoms with Crippen molar-refractivity contribution >= 4 is 11.7 Å². The van der Waals surface area contributed by atoms with Gasteiger partial charge in [0.15, 0.2) is 5.82 Å². The molecule has 1 saturated heterocycles. The van der Waals surface area contributed by atoms with Gasteiger partial charge in [-0.25, -0.2) is 4.98 Å². The molecule has 0 spiro atoms. The fraction of sp³-hybridized carbons (Fsp3) is 0.529. The molecule has 0 saturated carbocycles. The molecule has 0 aromatic carbocycles. The number of carbonyl (C=O) groups excluding carboxylic acids is 1. The lowest BCUT2D eigenvalue weighted by Crippen LogP contribution is -2.41. The molecule has 0 aliphatic carbocycles. The topological polar surface area (TPSA) is 67.2 Å². The lowest BCUT2D eigenvalue weighted by molar-refractivity contribution is -0.136. The lowest BCUT2D eigenvalue weighted by atomic mass is 9.96. The number of carbonyl (C=O) groups is 1. The van der Waals surface area contributed by atoms with Crippen molar-refractivity contribution in [1.29, 1.82) is 0 Å². The van der Waals surface area contributed by atoms with Crippen molar-refractivity contribution in [3.63, 3.8) is 0 Å². The number of imidazole rings is 1. The Hall–Kier alpha value is -2.44. The van der Waals surface area contributed by atoms with E-state index in [0.717, 1.165) is 57.8 Å². The fourth-order valence-corrected chi connectivity index (χ4v) is 3.66. The highest BCUT2D eigenvalue weighted by molar-refractivity contribution is 5.79. The van der Waals surface area contributed by atoms with Gasteiger partial charge in [-0.2, -0.15) is 5.10 Å². The zero-order chi connectivity index (χ0) is 16.4. The summed E-state index contributed by atoms with van der Waals surface area (Å²) in [7, 11) is 0. The number of fused-ring (bicyclic) bond motifs is 1. The summed E-state index contributed by atoms with van der Waals surface area (Å²) >= 11 is 0. The molecule has 1 atom stereocenters. The van der Waals surface area contributed by atoms with E-state index in [1.54, 1.807) is 6.20 Å². The highest BCUT2D eigenvalue weighted by Crippen LogP contribution is 2.22. The molecule has 0 radical (unpaired) electrons. The first-order valence-electron chi connectivity index (χ1n) is 8.62. The number of hydrogen-bond donors (Lipinski definition) is 0. The summed E-state index contributed by atoms with van der Waals surface area (Å²) in [4.78, 5) is 21.4. The van der Waals surface area contributed by atoms with Crippen molar-refractivity contribution < 1.29 is 4.79 Å². The zero-order valence-corrected chi connectivity index (χ0v) is 13.7. The summed E-state index contributed by atoms with van der Waals surface area (Å²) in [5.41, 5.74) is 1.24. The lowest BCUT2D eigenvalue weighted by Gasteiger charge is -2.29. The number of rotatable bonds is 2. The van der Waals surface area contributed by atoms with Crippen LogP contribution in [0.3, 0.4) is 0 Å². The molecule has 2 aromatic rings. The van der Waals surface area contributed by atoms with E-state index >= 15 is 0 Å². The van der Waals surface area contributed by atoms with Crippen molar-refractivity contribution in [2.24, 2.45) is 5.92 Å². The number of aromatic nitrogens is 4. The Bertz CT molecular complexity index is 700. The van der Waals surface area contributed by atoms with Gasteiger partial charge in [0, 0.05) is 50.8 Å². The monoisotopic (exact) mass is 326 g/mol. The van der Waals surface area contributed by atoms with Crippen LogP contribution in [0.15, 0.2) is 30.9 Å². The molecule has 0 N–H and O–H groups in total. The summed E-state index contributed by atoms with van der Waals surface area (Å²) in [5, 5.41) is 8.14. The maximum Gasteiger partial charge on any atom is 0.227 e. The van der Waals surface area contributed by atoms with Crippen molar-refractivity contribution in [2.75, 3.05) is 31.1 Å². The highest BCUT2D eigenvalue weighted by atomic mass is 16.2. The van der Waals surface area contributed by atoms with Gasteiger partial charge in [-0.05, 0) is 31.4 Å². The normalized spacial score (nSPS) is 21.2. The minimum Gasteiger partial charge on any atom is -0.353 e. The highest BCUT2D eigenvalue weighted by Gasteiger charge is 2.29. The van der Waals surface area contributed by atoms with Crippen molar-refractivity contribution in [2.45, 2.75) is 25.8 Å². The second-order valence-corrected chi connectivity index (χ2v) is 6.52. The minimum absolute atomic E-state index is 0.0785. The summed E-state index contributed by atoms with van der Waals surface area (Å²) in [6, 6.07) is 3.88. The minimum atomic E-state index is 0.0785. The van der Waals surface area contributed by atoms with Crippen LogP contribution >= 0.6 is 0 Å². The first-order chi connectivity index (χ1) is 11.8. The molecule has 7 nitrogen and oxygen atoms in total. The third-order valence-corrected chi connectivity index (χ3v) is 5.00. The molecule has 4 heterocycles. The van der Waals surface area contributed by atoms with Gasteiger partial charge in [0.25, 0.3) is 0 Å². The molecule has 126 valence electrons. The van der Waals surface area contributed by atoms with Gasteiger partial charge in [-0.3, -0.25) is 4.79 Å². The Balaban J connectivity index is 1.39. The van der Waals surface area contributed by atoms with E-state index in [0.29, 0.717) is 0 Å². The van der Waals surface area contributed by atoms with E-state index in [-0.39, 0.29) is 11.8 Å². The predicted octanol–water partition coefficient (Wildman–Crippen LogP) is 0.974. The number of amides is 1. The average Bonchev–Trinajstić information content (AvgIpc) is 2.96. The van der Waals surface area contributed by atoms with E-state index in [4.69, 9.17) is 0 Å². The zero-order valence-electron chi connectivity index (χ0n) is 13.7. The SMILES string of the molecule is O=C(C1CCc2cncn2C1)N1CCCN(c2cccnn2)CC1. The molecule has 2 aliphatic heterocycles. The number of nitrogens with zero attached hydrogens (tertiary/aromatic N) is 6. The maximum absolute atomic E-state index is 12.9. The van der Waals surface area contributed by atoms with Gasteiger partial charge in [-0.1, -0.05) is 0 Å². The van der Waals surface area contributed by atoms with Crippen molar-refractivity contribution in [1.82, 2.24) is 24.6 Å². The van der Waals surface area contributed by atoms with Crippen LogP contribution in [-0.4, -0.2) is 56.7 Å². The van der Waals surface area contributed by atoms with Crippen molar-refractivity contribution in [3.8, 4) is 0 Å². The average molecular weight is 326 g/mol. The van der Waals surface area contributed by atoms with Crippen LogP contribution in [-0.2, 0) is 17.8 Å². The molecule has 1 unspecified atom stereocenters. The Morgan fingerprint density at radius 3 is 3.04 bits per heavy atom. The molecule has 1 amide bonds. The number of anilines is 1. The summed E-state index contributed by atoms with van der Waals surface area (Å²) in [6.07, 6.45) is 8.26.